The van der Waals surface area contributed by atoms with Gasteiger partial charge in [0.15, 0.2) is 0 Å². The average Bonchev–Trinajstić information content (AvgIpc) is 2.96. The van der Waals surface area contributed by atoms with Crippen LogP contribution < -0.4 is 0 Å². The molecule has 1 aliphatic heterocycles. The van der Waals surface area contributed by atoms with Gasteiger partial charge in [-0.15, -0.1) is 0 Å². The summed E-state index contributed by atoms with van der Waals surface area (Å²) in [7, 11) is 0. The van der Waals surface area contributed by atoms with Crippen LogP contribution in [0.25, 0.3) is 0 Å². The molecule has 1 saturated heterocycles. The minimum Gasteiger partial charge on any atom is -0.395 e. The van der Waals surface area contributed by atoms with Gasteiger partial charge in [0.2, 0.25) is 0 Å². The van der Waals surface area contributed by atoms with Gasteiger partial charge in [0.1, 0.15) is 0 Å². The Hall–Kier alpha value is -1.79. The van der Waals surface area contributed by atoms with Gasteiger partial charge >= 0.3 is 0 Å². The van der Waals surface area contributed by atoms with Crippen molar-refractivity contribution >= 4 is 5.91 Å². The standard InChI is InChI=1S/C17H21NO2/c1-2-14-9-10-18(13-14)17(20)16-8-5-7-15(12-16)6-3-4-11-19/h5,7-8,12,14,19H,2,4,9-11,13H2,1H3. The fourth-order valence-corrected chi connectivity index (χ4v) is 2.48. The molecule has 1 aromatic carbocycles. The number of carbonyl (C=O) groups excluding carboxylic acids is 1. The van der Waals surface area contributed by atoms with Gasteiger partial charge in [0.25, 0.3) is 5.91 Å². The van der Waals surface area contributed by atoms with Crippen LogP contribution in [-0.2, 0) is 0 Å². The van der Waals surface area contributed by atoms with Crippen molar-refractivity contribution in [1.29, 1.82) is 0 Å². The van der Waals surface area contributed by atoms with Gasteiger partial charge in [-0.3, -0.25) is 4.79 Å². The zero-order valence-corrected chi connectivity index (χ0v) is 11.9. The highest BCUT2D eigenvalue weighted by atomic mass is 16.2. The van der Waals surface area contributed by atoms with Crippen molar-refractivity contribution in [2.24, 2.45) is 5.92 Å². The number of nitrogens with zero attached hydrogens (tertiary/aromatic N) is 1. The van der Waals surface area contributed by atoms with Gasteiger partial charge in [0.05, 0.1) is 6.61 Å². The molecular weight excluding hydrogens is 250 g/mol. The number of hydrogen-bond donors (Lipinski definition) is 1. The zero-order chi connectivity index (χ0) is 14.4. The first-order valence-electron chi connectivity index (χ1n) is 7.23. The van der Waals surface area contributed by atoms with E-state index >= 15 is 0 Å². The van der Waals surface area contributed by atoms with Crippen LogP contribution in [0.3, 0.4) is 0 Å². The number of aliphatic hydroxyl groups is 1. The third-order valence-corrected chi connectivity index (χ3v) is 3.73. The van der Waals surface area contributed by atoms with Gasteiger partial charge in [0, 0.05) is 30.6 Å². The molecule has 1 aromatic rings. The van der Waals surface area contributed by atoms with Crippen molar-refractivity contribution in [1.82, 2.24) is 4.90 Å². The maximum Gasteiger partial charge on any atom is 0.253 e. The van der Waals surface area contributed by atoms with E-state index in [4.69, 9.17) is 5.11 Å². The van der Waals surface area contributed by atoms with Gasteiger partial charge in [-0.05, 0) is 30.5 Å². The molecule has 1 amide bonds. The van der Waals surface area contributed by atoms with Crippen LogP contribution in [0.5, 0.6) is 0 Å². The van der Waals surface area contributed by atoms with E-state index in [2.05, 4.69) is 18.8 Å². The molecule has 1 N–H and O–H groups in total. The first kappa shape index (κ1) is 14.6. The first-order valence-corrected chi connectivity index (χ1v) is 7.23. The molecule has 0 radical (unpaired) electrons. The van der Waals surface area contributed by atoms with Gasteiger partial charge < -0.3 is 10.0 Å². The van der Waals surface area contributed by atoms with Crippen LogP contribution in [0.4, 0.5) is 0 Å². The molecule has 1 heterocycles. The second kappa shape index (κ2) is 7.12. The van der Waals surface area contributed by atoms with E-state index in [0.717, 1.165) is 31.5 Å². The average molecular weight is 271 g/mol. The van der Waals surface area contributed by atoms with Crippen LogP contribution in [0.2, 0.25) is 0 Å². The molecule has 0 aliphatic carbocycles. The monoisotopic (exact) mass is 271 g/mol. The number of carbonyl (C=O) groups is 1. The predicted molar refractivity (Wildman–Crippen MR) is 79.3 cm³/mol. The highest BCUT2D eigenvalue weighted by Gasteiger charge is 2.25. The molecule has 1 unspecified atom stereocenters. The topological polar surface area (TPSA) is 40.5 Å². The Labute approximate surface area is 120 Å². The van der Waals surface area contributed by atoms with Crippen molar-refractivity contribution < 1.29 is 9.90 Å². The second-order valence-corrected chi connectivity index (χ2v) is 5.17. The summed E-state index contributed by atoms with van der Waals surface area (Å²) in [6.45, 7) is 3.97. The van der Waals surface area contributed by atoms with Gasteiger partial charge in [-0.2, -0.15) is 0 Å². The highest BCUT2D eigenvalue weighted by Crippen LogP contribution is 2.21. The predicted octanol–water partition coefficient (Wildman–Crippen LogP) is 2.29. The summed E-state index contributed by atoms with van der Waals surface area (Å²) >= 11 is 0. The van der Waals surface area contributed by atoms with Gasteiger partial charge in [-0.1, -0.05) is 31.3 Å². The van der Waals surface area contributed by atoms with Crippen molar-refractivity contribution in [3.05, 3.63) is 35.4 Å². The molecule has 1 fully saturated rings. The number of benzene rings is 1. The highest BCUT2D eigenvalue weighted by molar-refractivity contribution is 5.94. The third-order valence-electron chi connectivity index (χ3n) is 3.73. The number of aliphatic hydroxyl groups excluding tert-OH is 1. The number of amides is 1. The Morgan fingerprint density at radius 2 is 2.35 bits per heavy atom. The first-order chi connectivity index (χ1) is 9.74. The Kier molecular flexibility index (Phi) is 5.20. The van der Waals surface area contributed by atoms with Crippen molar-refractivity contribution in [2.45, 2.75) is 26.2 Å². The molecule has 0 bridgehead atoms. The van der Waals surface area contributed by atoms with Crippen molar-refractivity contribution in [3.8, 4) is 11.8 Å². The lowest BCUT2D eigenvalue weighted by Crippen LogP contribution is -2.28. The Bertz CT molecular complexity index is 527. The summed E-state index contributed by atoms with van der Waals surface area (Å²) in [5.74, 6) is 6.60. The lowest BCUT2D eigenvalue weighted by Gasteiger charge is -2.16. The smallest absolute Gasteiger partial charge is 0.253 e. The van der Waals surface area contributed by atoms with Crippen LogP contribution in [-0.4, -0.2) is 35.6 Å². The Morgan fingerprint density at radius 1 is 1.50 bits per heavy atom. The fourth-order valence-electron chi connectivity index (χ4n) is 2.48. The Balaban J connectivity index is 2.07. The Morgan fingerprint density at radius 3 is 3.05 bits per heavy atom. The quantitative estimate of drug-likeness (QED) is 0.857. The minimum absolute atomic E-state index is 0.0673. The van der Waals surface area contributed by atoms with Crippen molar-refractivity contribution in [2.75, 3.05) is 19.7 Å². The molecule has 0 aromatic heterocycles. The minimum atomic E-state index is 0.0673. The molecule has 20 heavy (non-hydrogen) atoms. The molecular formula is C17H21NO2. The van der Waals surface area contributed by atoms with Crippen LogP contribution in [0.15, 0.2) is 24.3 Å². The summed E-state index contributed by atoms with van der Waals surface area (Å²) < 4.78 is 0. The van der Waals surface area contributed by atoms with E-state index in [1.54, 1.807) is 0 Å². The van der Waals surface area contributed by atoms with Crippen molar-refractivity contribution in [3.63, 3.8) is 0 Å². The maximum atomic E-state index is 12.4. The SMILES string of the molecule is CCC1CCN(C(=O)c2cccc(C#CCCO)c2)C1. The summed E-state index contributed by atoms with van der Waals surface area (Å²) in [6, 6.07) is 7.44. The summed E-state index contributed by atoms with van der Waals surface area (Å²) in [6.07, 6.45) is 2.71. The second-order valence-electron chi connectivity index (χ2n) is 5.17. The lowest BCUT2D eigenvalue weighted by molar-refractivity contribution is 0.0787. The van der Waals surface area contributed by atoms with Crippen LogP contribution in [0, 0.1) is 17.8 Å². The van der Waals surface area contributed by atoms with Crippen LogP contribution >= 0.6 is 0 Å². The molecule has 1 aliphatic rings. The largest absolute Gasteiger partial charge is 0.395 e. The van der Waals surface area contributed by atoms with E-state index in [1.165, 1.54) is 0 Å². The van der Waals surface area contributed by atoms with E-state index in [1.807, 2.05) is 29.2 Å². The van der Waals surface area contributed by atoms with Crippen LogP contribution in [0.1, 0.15) is 42.1 Å². The van der Waals surface area contributed by atoms with E-state index in [9.17, 15) is 4.79 Å². The number of hydrogen-bond acceptors (Lipinski definition) is 2. The summed E-state index contributed by atoms with van der Waals surface area (Å²) in [4.78, 5) is 14.4. The lowest BCUT2D eigenvalue weighted by atomic mass is 10.1. The maximum absolute atomic E-state index is 12.4. The molecule has 3 nitrogen and oxygen atoms in total. The molecule has 0 spiro atoms. The van der Waals surface area contributed by atoms with E-state index < -0.39 is 0 Å². The summed E-state index contributed by atoms with van der Waals surface area (Å²) in [5.41, 5.74) is 1.54. The van der Waals surface area contributed by atoms with E-state index in [0.29, 0.717) is 17.9 Å². The normalized spacial score (nSPS) is 17.7. The molecule has 2 rings (SSSR count). The number of likely N-dealkylation sites (tertiary alicyclic amines) is 1. The zero-order valence-electron chi connectivity index (χ0n) is 11.9. The molecule has 3 heteroatoms. The fraction of sp³-hybridized carbons (Fsp3) is 0.471. The van der Waals surface area contributed by atoms with E-state index in [-0.39, 0.29) is 12.5 Å². The summed E-state index contributed by atoms with van der Waals surface area (Å²) in [5, 5.41) is 8.72. The third kappa shape index (κ3) is 3.61. The molecule has 0 saturated carbocycles. The molecule has 1 atom stereocenters. The number of rotatable bonds is 3. The molecule has 106 valence electrons. The van der Waals surface area contributed by atoms with Gasteiger partial charge in [-0.25, -0.2) is 0 Å².